The monoisotopic (exact) mass is 400 g/mol. The number of aryl methyl sites for hydroxylation is 2. The Kier molecular flexibility index (Phi) is 6.56. The van der Waals surface area contributed by atoms with Crippen molar-refractivity contribution in [3.8, 4) is 5.75 Å². The van der Waals surface area contributed by atoms with Crippen LogP contribution in [0.4, 0.5) is 0 Å². The van der Waals surface area contributed by atoms with E-state index in [1.54, 1.807) is 29.2 Å². The summed E-state index contributed by atoms with van der Waals surface area (Å²) in [7, 11) is 0. The minimum atomic E-state index is -0.520. The number of carbonyl (C=O) groups excluding carboxylic acids is 2. The maximum absolute atomic E-state index is 12.3. The number of esters is 1. The van der Waals surface area contributed by atoms with Gasteiger partial charge in [-0.05, 0) is 56.4 Å². The van der Waals surface area contributed by atoms with Gasteiger partial charge in [0.1, 0.15) is 18.1 Å². The van der Waals surface area contributed by atoms with Crippen LogP contribution in [-0.4, -0.2) is 41.6 Å². The van der Waals surface area contributed by atoms with Crippen LogP contribution in [0, 0.1) is 25.7 Å². The highest BCUT2D eigenvalue weighted by atomic mass is 16.5. The molecule has 0 aliphatic carbocycles. The molecule has 0 radical (unpaired) electrons. The molecule has 1 aliphatic heterocycles. The first-order valence-corrected chi connectivity index (χ1v) is 9.93. The fourth-order valence-electron chi connectivity index (χ4n) is 3.72. The molecule has 1 saturated heterocycles. The maximum Gasteiger partial charge on any atom is 0.338 e. The lowest BCUT2D eigenvalue weighted by Gasteiger charge is -2.34. The summed E-state index contributed by atoms with van der Waals surface area (Å²) in [5, 5.41) is 3.90. The van der Waals surface area contributed by atoms with Gasteiger partial charge in [0.25, 0.3) is 5.91 Å². The highest BCUT2D eigenvalue weighted by Crippen LogP contribution is 2.21. The third-order valence-electron chi connectivity index (χ3n) is 5.20. The van der Waals surface area contributed by atoms with E-state index in [9.17, 15) is 9.59 Å². The summed E-state index contributed by atoms with van der Waals surface area (Å²) in [5.74, 6) is 1.62. The molecule has 1 amide bonds. The summed E-state index contributed by atoms with van der Waals surface area (Å²) in [6.07, 6.45) is 1.12. The van der Waals surface area contributed by atoms with Crippen LogP contribution in [-0.2, 0) is 16.1 Å². The van der Waals surface area contributed by atoms with E-state index < -0.39 is 5.97 Å². The molecule has 7 nitrogen and oxygen atoms in total. The molecule has 0 N–H and O–H groups in total. The summed E-state index contributed by atoms with van der Waals surface area (Å²) in [4.78, 5) is 26.4. The average Bonchev–Trinajstić information content (AvgIpc) is 3.01. The molecule has 2 heterocycles. The third-order valence-corrected chi connectivity index (χ3v) is 5.20. The van der Waals surface area contributed by atoms with Crippen LogP contribution < -0.4 is 4.74 Å². The Labute approximate surface area is 171 Å². The van der Waals surface area contributed by atoms with Crippen LogP contribution in [0.25, 0.3) is 0 Å². The van der Waals surface area contributed by atoms with Gasteiger partial charge in [-0.1, -0.05) is 19.0 Å². The van der Waals surface area contributed by atoms with Gasteiger partial charge < -0.3 is 18.9 Å². The van der Waals surface area contributed by atoms with Gasteiger partial charge in [0, 0.05) is 13.1 Å². The molecule has 1 aliphatic rings. The Hall–Kier alpha value is -2.83. The van der Waals surface area contributed by atoms with E-state index in [1.165, 1.54) is 0 Å². The smallest absolute Gasteiger partial charge is 0.338 e. The first-order chi connectivity index (χ1) is 13.8. The van der Waals surface area contributed by atoms with Gasteiger partial charge in [-0.2, -0.15) is 0 Å². The highest BCUT2D eigenvalue weighted by molar-refractivity contribution is 5.91. The first kappa shape index (κ1) is 20.9. The number of piperidine rings is 1. The van der Waals surface area contributed by atoms with Crippen molar-refractivity contribution in [2.75, 3.05) is 19.7 Å². The van der Waals surface area contributed by atoms with E-state index in [0.29, 0.717) is 29.8 Å². The third kappa shape index (κ3) is 5.37. The normalized spacial score (nSPS) is 19.1. The number of carbonyl (C=O) groups is 2. The van der Waals surface area contributed by atoms with Gasteiger partial charge in [-0.25, -0.2) is 4.79 Å². The van der Waals surface area contributed by atoms with E-state index in [2.05, 4.69) is 19.0 Å². The fourth-order valence-corrected chi connectivity index (χ4v) is 3.72. The molecule has 1 fully saturated rings. The molecule has 0 saturated carbocycles. The summed E-state index contributed by atoms with van der Waals surface area (Å²) < 4.78 is 16.1. The zero-order valence-electron chi connectivity index (χ0n) is 17.4. The van der Waals surface area contributed by atoms with Crippen LogP contribution in [0.2, 0.25) is 0 Å². The summed E-state index contributed by atoms with van der Waals surface area (Å²) in [6.45, 7) is 9.52. The van der Waals surface area contributed by atoms with Crippen molar-refractivity contribution in [1.82, 2.24) is 10.1 Å². The molecule has 1 aromatic heterocycles. The minimum absolute atomic E-state index is 0.142. The van der Waals surface area contributed by atoms with Crippen molar-refractivity contribution >= 4 is 11.9 Å². The quantitative estimate of drug-likeness (QED) is 0.690. The Morgan fingerprint density at radius 3 is 2.38 bits per heavy atom. The summed E-state index contributed by atoms with van der Waals surface area (Å²) in [6, 6.07) is 6.65. The SMILES string of the molecule is Cc1noc(C)c1COc1ccc(C(=O)OCC(=O)N2C[C@H](C)C[C@@H](C)C2)cc1. The largest absolute Gasteiger partial charge is 0.489 e. The van der Waals surface area contributed by atoms with E-state index >= 15 is 0 Å². The second-order valence-corrected chi connectivity index (χ2v) is 7.94. The molecule has 2 atom stereocenters. The number of ether oxygens (including phenoxy) is 2. The van der Waals surface area contributed by atoms with E-state index in [0.717, 1.165) is 36.5 Å². The number of likely N-dealkylation sites (tertiary alicyclic amines) is 1. The minimum Gasteiger partial charge on any atom is -0.489 e. The van der Waals surface area contributed by atoms with Crippen LogP contribution in [0.15, 0.2) is 28.8 Å². The van der Waals surface area contributed by atoms with Crippen molar-refractivity contribution in [2.45, 2.75) is 40.7 Å². The van der Waals surface area contributed by atoms with Gasteiger partial charge >= 0.3 is 5.97 Å². The van der Waals surface area contributed by atoms with E-state index in [-0.39, 0.29) is 12.5 Å². The molecule has 0 unspecified atom stereocenters. The molecule has 0 bridgehead atoms. The standard InChI is InChI=1S/C22H28N2O5/c1-14-9-15(2)11-24(10-14)21(25)13-28-22(26)18-5-7-19(8-6-18)27-12-20-16(3)23-29-17(20)4/h5-8,14-15H,9-13H2,1-4H3/t14-,15-/m1/s1. The van der Waals surface area contributed by atoms with Gasteiger partial charge in [0.05, 0.1) is 16.8 Å². The Bertz CT molecular complexity index is 829. The van der Waals surface area contributed by atoms with Crippen LogP contribution >= 0.6 is 0 Å². The lowest BCUT2D eigenvalue weighted by molar-refractivity contribution is -0.137. The molecule has 7 heteroatoms. The number of amides is 1. The van der Waals surface area contributed by atoms with Crippen LogP contribution in [0.3, 0.4) is 0 Å². The zero-order chi connectivity index (χ0) is 21.0. The number of hydrogen-bond donors (Lipinski definition) is 0. The van der Waals surface area contributed by atoms with E-state index in [1.807, 2.05) is 13.8 Å². The Morgan fingerprint density at radius 1 is 1.14 bits per heavy atom. The topological polar surface area (TPSA) is 81.9 Å². The fraction of sp³-hybridized carbons (Fsp3) is 0.500. The molecule has 2 aromatic rings. The van der Waals surface area contributed by atoms with Crippen LogP contribution in [0.1, 0.15) is 47.6 Å². The number of aromatic nitrogens is 1. The molecule has 3 rings (SSSR count). The predicted octanol–water partition coefficient (Wildman–Crippen LogP) is 3.53. The van der Waals surface area contributed by atoms with Crippen molar-refractivity contribution in [2.24, 2.45) is 11.8 Å². The molecule has 156 valence electrons. The van der Waals surface area contributed by atoms with Gasteiger partial charge in [0.2, 0.25) is 0 Å². The number of hydrogen-bond acceptors (Lipinski definition) is 6. The molecule has 1 aromatic carbocycles. The van der Waals surface area contributed by atoms with Crippen molar-refractivity contribution < 1.29 is 23.6 Å². The molecular weight excluding hydrogens is 372 g/mol. The average molecular weight is 400 g/mol. The molecule has 29 heavy (non-hydrogen) atoms. The zero-order valence-corrected chi connectivity index (χ0v) is 17.4. The van der Waals surface area contributed by atoms with Gasteiger partial charge in [-0.15, -0.1) is 0 Å². The Morgan fingerprint density at radius 2 is 1.79 bits per heavy atom. The molecular formula is C22H28N2O5. The predicted molar refractivity (Wildman–Crippen MR) is 107 cm³/mol. The van der Waals surface area contributed by atoms with Gasteiger partial charge in [-0.3, -0.25) is 4.79 Å². The Balaban J connectivity index is 1.49. The number of nitrogens with zero attached hydrogens (tertiary/aromatic N) is 2. The lowest BCUT2D eigenvalue weighted by Crippen LogP contribution is -2.44. The van der Waals surface area contributed by atoms with Gasteiger partial charge in [0.15, 0.2) is 6.61 Å². The highest BCUT2D eigenvalue weighted by Gasteiger charge is 2.26. The van der Waals surface area contributed by atoms with Crippen molar-refractivity contribution in [3.05, 3.63) is 46.8 Å². The van der Waals surface area contributed by atoms with Crippen molar-refractivity contribution in [3.63, 3.8) is 0 Å². The first-order valence-electron chi connectivity index (χ1n) is 9.93. The number of rotatable bonds is 6. The maximum atomic E-state index is 12.3. The van der Waals surface area contributed by atoms with Crippen LogP contribution in [0.5, 0.6) is 5.75 Å². The lowest BCUT2D eigenvalue weighted by atomic mass is 9.92. The van der Waals surface area contributed by atoms with E-state index in [4.69, 9.17) is 14.0 Å². The van der Waals surface area contributed by atoms with Crippen molar-refractivity contribution in [1.29, 1.82) is 0 Å². The summed E-state index contributed by atoms with van der Waals surface area (Å²) in [5.41, 5.74) is 2.08. The summed E-state index contributed by atoms with van der Waals surface area (Å²) >= 11 is 0. The second-order valence-electron chi connectivity index (χ2n) is 7.94. The molecule has 0 spiro atoms. The number of benzene rings is 1. The second kappa shape index (κ2) is 9.11.